The Kier molecular flexibility index (Phi) is 3.54. The molecule has 0 aliphatic carbocycles. The lowest BCUT2D eigenvalue weighted by atomic mass is 10.1. The van der Waals surface area contributed by atoms with Gasteiger partial charge in [0.1, 0.15) is 16.6 Å². The summed E-state index contributed by atoms with van der Waals surface area (Å²) in [6.45, 7) is 2.01. The maximum atomic E-state index is 13.7. The van der Waals surface area contributed by atoms with Crippen LogP contribution in [0.2, 0.25) is 0 Å². The van der Waals surface area contributed by atoms with Gasteiger partial charge in [0, 0.05) is 17.5 Å². The number of halogens is 2. The molecule has 1 aliphatic heterocycles. The smallest absolute Gasteiger partial charge is 0.132 e. The molecule has 1 aliphatic rings. The number of nitrogens with zero attached hydrogens (tertiary/aromatic N) is 1. The van der Waals surface area contributed by atoms with E-state index in [9.17, 15) is 8.78 Å². The molecule has 0 spiro atoms. The van der Waals surface area contributed by atoms with E-state index in [2.05, 4.69) is 10.3 Å². The van der Waals surface area contributed by atoms with Gasteiger partial charge in [-0.2, -0.15) is 0 Å². The van der Waals surface area contributed by atoms with Crippen molar-refractivity contribution in [2.45, 2.75) is 6.04 Å². The summed E-state index contributed by atoms with van der Waals surface area (Å²) in [5, 5.41) is 5.85. The Balaban J connectivity index is 1.89. The van der Waals surface area contributed by atoms with E-state index in [-0.39, 0.29) is 11.6 Å². The SMILES string of the molecule is Fc1ccc(F)c(-c2csc(C3COCCN3)n2)c1. The molecule has 0 radical (unpaired) electrons. The normalized spacial score (nSPS) is 19.6. The lowest BCUT2D eigenvalue weighted by molar-refractivity contribution is 0.0768. The number of thiazole rings is 1. The summed E-state index contributed by atoms with van der Waals surface area (Å²) in [4.78, 5) is 4.38. The molecular formula is C13H12F2N2OS. The van der Waals surface area contributed by atoms with Crippen LogP contribution >= 0.6 is 11.3 Å². The van der Waals surface area contributed by atoms with Crippen molar-refractivity contribution in [3.8, 4) is 11.3 Å². The number of ether oxygens (including phenoxy) is 1. The van der Waals surface area contributed by atoms with E-state index in [1.807, 2.05) is 0 Å². The number of morpholine rings is 1. The van der Waals surface area contributed by atoms with Gasteiger partial charge in [0.25, 0.3) is 0 Å². The van der Waals surface area contributed by atoms with Crippen LogP contribution in [0.15, 0.2) is 23.6 Å². The van der Waals surface area contributed by atoms with Crippen molar-refractivity contribution in [2.75, 3.05) is 19.8 Å². The molecule has 0 saturated carbocycles. The van der Waals surface area contributed by atoms with E-state index < -0.39 is 11.6 Å². The first-order chi connectivity index (χ1) is 9.24. The lowest BCUT2D eigenvalue weighted by Crippen LogP contribution is -2.34. The minimum Gasteiger partial charge on any atom is -0.378 e. The van der Waals surface area contributed by atoms with E-state index >= 15 is 0 Å². The van der Waals surface area contributed by atoms with E-state index in [0.717, 1.165) is 23.7 Å². The zero-order chi connectivity index (χ0) is 13.2. The zero-order valence-electron chi connectivity index (χ0n) is 10.0. The fourth-order valence-electron chi connectivity index (χ4n) is 1.99. The Labute approximate surface area is 113 Å². The van der Waals surface area contributed by atoms with Crippen LogP contribution in [0.3, 0.4) is 0 Å². The molecule has 100 valence electrons. The first-order valence-corrected chi connectivity index (χ1v) is 6.84. The fraction of sp³-hybridized carbons (Fsp3) is 0.308. The molecule has 3 nitrogen and oxygen atoms in total. The van der Waals surface area contributed by atoms with E-state index in [4.69, 9.17) is 4.74 Å². The number of hydrogen-bond acceptors (Lipinski definition) is 4. The van der Waals surface area contributed by atoms with Crippen LogP contribution in [0.25, 0.3) is 11.3 Å². The molecule has 1 unspecified atom stereocenters. The van der Waals surface area contributed by atoms with E-state index in [1.54, 1.807) is 5.38 Å². The maximum Gasteiger partial charge on any atom is 0.132 e. The summed E-state index contributed by atoms with van der Waals surface area (Å²) in [5.74, 6) is -0.934. The van der Waals surface area contributed by atoms with Gasteiger partial charge in [0.15, 0.2) is 0 Å². The van der Waals surface area contributed by atoms with Gasteiger partial charge >= 0.3 is 0 Å². The Morgan fingerprint density at radius 3 is 3.05 bits per heavy atom. The summed E-state index contributed by atoms with van der Waals surface area (Å²) in [6, 6.07) is 3.41. The second-order valence-corrected chi connectivity index (χ2v) is 5.17. The number of aromatic nitrogens is 1. The standard InChI is InChI=1S/C13H12F2N2OS/c14-8-1-2-10(15)9(5-8)12-7-19-13(17-12)11-6-18-4-3-16-11/h1-2,5,7,11,16H,3-4,6H2. The first kappa shape index (κ1) is 12.7. The highest BCUT2D eigenvalue weighted by Crippen LogP contribution is 2.28. The van der Waals surface area contributed by atoms with Gasteiger partial charge in [-0.1, -0.05) is 0 Å². The second-order valence-electron chi connectivity index (χ2n) is 4.28. The monoisotopic (exact) mass is 282 g/mol. The van der Waals surface area contributed by atoms with Crippen LogP contribution in [-0.4, -0.2) is 24.7 Å². The van der Waals surface area contributed by atoms with Crippen LogP contribution in [0.4, 0.5) is 8.78 Å². The first-order valence-electron chi connectivity index (χ1n) is 5.96. The Hall–Kier alpha value is -1.37. The number of rotatable bonds is 2. The van der Waals surface area contributed by atoms with Crippen molar-refractivity contribution < 1.29 is 13.5 Å². The zero-order valence-corrected chi connectivity index (χ0v) is 10.8. The maximum absolute atomic E-state index is 13.7. The highest BCUT2D eigenvalue weighted by Gasteiger charge is 2.19. The van der Waals surface area contributed by atoms with Gasteiger partial charge in [-0.25, -0.2) is 13.8 Å². The second kappa shape index (κ2) is 5.32. The number of benzene rings is 1. The Morgan fingerprint density at radius 1 is 1.37 bits per heavy atom. The molecule has 2 aromatic rings. The van der Waals surface area contributed by atoms with Crippen molar-refractivity contribution in [3.63, 3.8) is 0 Å². The predicted octanol–water partition coefficient (Wildman–Crippen LogP) is 2.75. The molecule has 1 fully saturated rings. The van der Waals surface area contributed by atoms with Crippen LogP contribution in [0.1, 0.15) is 11.0 Å². The van der Waals surface area contributed by atoms with Crippen molar-refractivity contribution >= 4 is 11.3 Å². The van der Waals surface area contributed by atoms with Crippen LogP contribution < -0.4 is 5.32 Å². The Bertz CT molecular complexity index is 582. The molecule has 6 heteroatoms. The minimum absolute atomic E-state index is 0.0316. The highest BCUT2D eigenvalue weighted by molar-refractivity contribution is 7.10. The van der Waals surface area contributed by atoms with Crippen molar-refractivity contribution in [3.05, 3.63) is 40.2 Å². The molecule has 0 bridgehead atoms. The lowest BCUT2D eigenvalue weighted by Gasteiger charge is -2.21. The van der Waals surface area contributed by atoms with Gasteiger partial charge in [-0.3, -0.25) is 0 Å². The highest BCUT2D eigenvalue weighted by atomic mass is 32.1. The molecule has 1 saturated heterocycles. The summed E-state index contributed by atoms with van der Waals surface area (Å²) < 4.78 is 32.2. The fourth-order valence-corrected chi connectivity index (χ4v) is 2.87. The topological polar surface area (TPSA) is 34.1 Å². The van der Waals surface area contributed by atoms with Crippen LogP contribution in [-0.2, 0) is 4.74 Å². The molecule has 0 amide bonds. The predicted molar refractivity (Wildman–Crippen MR) is 69.0 cm³/mol. The molecule has 19 heavy (non-hydrogen) atoms. The third-order valence-corrected chi connectivity index (χ3v) is 3.90. The van der Waals surface area contributed by atoms with Gasteiger partial charge < -0.3 is 10.1 Å². The molecule has 2 heterocycles. The van der Waals surface area contributed by atoms with E-state index in [1.165, 1.54) is 17.4 Å². The van der Waals surface area contributed by atoms with Crippen LogP contribution in [0, 0.1) is 11.6 Å². The van der Waals surface area contributed by atoms with Gasteiger partial charge in [-0.05, 0) is 18.2 Å². The van der Waals surface area contributed by atoms with Crippen molar-refractivity contribution in [2.24, 2.45) is 0 Å². The Morgan fingerprint density at radius 2 is 2.26 bits per heavy atom. The average molecular weight is 282 g/mol. The van der Waals surface area contributed by atoms with E-state index in [0.29, 0.717) is 18.9 Å². The largest absolute Gasteiger partial charge is 0.378 e. The van der Waals surface area contributed by atoms with Crippen LogP contribution in [0.5, 0.6) is 0 Å². The number of hydrogen-bond donors (Lipinski definition) is 1. The third-order valence-electron chi connectivity index (χ3n) is 2.95. The summed E-state index contributed by atoms with van der Waals surface area (Å²) >= 11 is 1.42. The van der Waals surface area contributed by atoms with Crippen molar-refractivity contribution in [1.82, 2.24) is 10.3 Å². The molecule has 1 atom stereocenters. The summed E-state index contributed by atoms with van der Waals surface area (Å²) in [7, 11) is 0. The summed E-state index contributed by atoms with van der Waals surface area (Å²) in [5.41, 5.74) is 0.656. The molecule has 1 aromatic carbocycles. The molecule has 3 rings (SSSR count). The quantitative estimate of drug-likeness (QED) is 0.919. The average Bonchev–Trinajstić information content (AvgIpc) is 2.92. The summed E-state index contributed by atoms with van der Waals surface area (Å²) in [6.07, 6.45) is 0. The van der Waals surface area contributed by atoms with Gasteiger partial charge in [-0.15, -0.1) is 11.3 Å². The van der Waals surface area contributed by atoms with Gasteiger partial charge in [0.2, 0.25) is 0 Å². The third kappa shape index (κ3) is 2.65. The van der Waals surface area contributed by atoms with Crippen molar-refractivity contribution in [1.29, 1.82) is 0 Å². The number of nitrogens with one attached hydrogen (secondary N) is 1. The van der Waals surface area contributed by atoms with Gasteiger partial charge in [0.05, 0.1) is 24.9 Å². The molecule has 1 N–H and O–H groups in total. The minimum atomic E-state index is -0.468. The molecular weight excluding hydrogens is 270 g/mol. The molecule has 1 aromatic heterocycles.